The van der Waals surface area contributed by atoms with Crippen LogP contribution in [0.25, 0.3) is 0 Å². The lowest BCUT2D eigenvalue weighted by atomic mass is 10.1. The minimum Gasteiger partial charge on any atom is -0.487 e. The van der Waals surface area contributed by atoms with Gasteiger partial charge < -0.3 is 9.64 Å². The average Bonchev–Trinajstić information content (AvgIpc) is 2.45. The van der Waals surface area contributed by atoms with Crippen molar-refractivity contribution in [3.63, 3.8) is 0 Å². The molecule has 0 atom stereocenters. The number of halogens is 1. The molecule has 22 heavy (non-hydrogen) atoms. The second kappa shape index (κ2) is 6.13. The average molecular weight is 300 g/mol. The van der Waals surface area contributed by atoms with Crippen molar-refractivity contribution in [2.24, 2.45) is 0 Å². The highest BCUT2D eigenvalue weighted by molar-refractivity contribution is 5.79. The van der Waals surface area contributed by atoms with E-state index in [0.29, 0.717) is 19.5 Å². The molecule has 0 aliphatic carbocycles. The highest BCUT2D eigenvalue weighted by atomic mass is 19.1. The summed E-state index contributed by atoms with van der Waals surface area (Å²) >= 11 is 0. The van der Waals surface area contributed by atoms with Crippen LogP contribution in [0.3, 0.4) is 0 Å². The first kappa shape index (κ1) is 14.5. The molecule has 1 fully saturated rings. The Bertz CT molecular complexity index is 667. The molecule has 0 saturated carbocycles. The van der Waals surface area contributed by atoms with Gasteiger partial charge in [0.1, 0.15) is 17.7 Å². The molecular weight excluding hydrogens is 283 g/mol. The Hall–Kier alpha value is -2.43. The van der Waals surface area contributed by atoms with Gasteiger partial charge in [-0.1, -0.05) is 12.1 Å². The fourth-order valence-electron chi connectivity index (χ4n) is 2.39. The van der Waals surface area contributed by atoms with Crippen molar-refractivity contribution >= 4 is 5.91 Å². The number of hydrogen-bond acceptors (Lipinski definition) is 3. The molecule has 0 bridgehead atoms. The molecule has 114 valence electrons. The summed E-state index contributed by atoms with van der Waals surface area (Å²) in [6, 6.07) is 9.72. The van der Waals surface area contributed by atoms with E-state index in [1.54, 1.807) is 23.2 Å². The molecule has 1 saturated heterocycles. The third-order valence-corrected chi connectivity index (χ3v) is 3.64. The van der Waals surface area contributed by atoms with E-state index in [-0.39, 0.29) is 17.8 Å². The first-order valence-electron chi connectivity index (χ1n) is 7.22. The number of carbonyl (C=O) groups excluding carboxylic acids is 1. The predicted octanol–water partition coefficient (Wildman–Crippen LogP) is 2.36. The van der Waals surface area contributed by atoms with Crippen LogP contribution in [0.4, 0.5) is 4.39 Å². The van der Waals surface area contributed by atoms with E-state index in [2.05, 4.69) is 4.98 Å². The van der Waals surface area contributed by atoms with Gasteiger partial charge in [0, 0.05) is 18.0 Å². The molecular formula is C17H17FN2O2. The minimum absolute atomic E-state index is 0.0268. The molecule has 0 N–H and O–H groups in total. The fourth-order valence-corrected chi connectivity index (χ4v) is 2.39. The highest BCUT2D eigenvalue weighted by Gasteiger charge is 2.32. The zero-order valence-electron chi connectivity index (χ0n) is 12.3. The minimum atomic E-state index is -0.291. The van der Waals surface area contributed by atoms with Crippen molar-refractivity contribution < 1.29 is 13.9 Å². The van der Waals surface area contributed by atoms with Crippen LogP contribution in [0, 0.1) is 12.7 Å². The van der Waals surface area contributed by atoms with Crippen LogP contribution in [0.15, 0.2) is 42.6 Å². The fraction of sp³-hybridized carbons (Fsp3) is 0.294. The van der Waals surface area contributed by atoms with Crippen LogP contribution in [0.2, 0.25) is 0 Å². The maximum atomic E-state index is 12.8. The molecule has 2 heterocycles. The summed E-state index contributed by atoms with van der Waals surface area (Å²) in [4.78, 5) is 18.0. The number of aromatic nitrogens is 1. The molecule has 0 unspecified atom stereocenters. The van der Waals surface area contributed by atoms with Gasteiger partial charge in [-0.05, 0) is 30.7 Å². The highest BCUT2D eigenvalue weighted by Crippen LogP contribution is 2.19. The van der Waals surface area contributed by atoms with E-state index in [1.807, 2.05) is 19.1 Å². The molecule has 1 aliphatic heterocycles. The molecule has 0 spiro atoms. The second-order valence-electron chi connectivity index (χ2n) is 5.47. The largest absolute Gasteiger partial charge is 0.487 e. The summed E-state index contributed by atoms with van der Waals surface area (Å²) in [6.07, 6.45) is 2.03. The molecule has 1 aliphatic rings. The van der Waals surface area contributed by atoms with Crippen LogP contribution < -0.4 is 4.74 Å². The molecule has 3 rings (SSSR count). The maximum absolute atomic E-state index is 12.8. The van der Waals surface area contributed by atoms with Crippen LogP contribution in [-0.2, 0) is 11.2 Å². The zero-order chi connectivity index (χ0) is 15.5. The van der Waals surface area contributed by atoms with Crippen LogP contribution in [0.1, 0.15) is 11.3 Å². The van der Waals surface area contributed by atoms with Crippen molar-refractivity contribution in [2.75, 3.05) is 13.1 Å². The van der Waals surface area contributed by atoms with Gasteiger partial charge in [0.15, 0.2) is 0 Å². The lowest BCUT2D eigenvalue weighted by Crippen LogP contribution is -2.56. The SMILES string of the molecule is Cc1cc(OC2CN(C(=O)Cc3ccc(F)cc3)C2)ccn1. The van der Waals surface area contributed by atoms with Crippen molar-refractivity contribution in [2.45, 2.75) is 19.4 Å². The zero-order valence-corrected chi connectivity index (χ0v) is 12.3. The van der Waals surface area contributed by atoms with Crippen LogP contribution >= 0.6 is 0 Å². The number of ether oxygens (including phenoxy) is 1. The van der Waals surface area contributed by atoms with Gasteiger partial charge in [-0.25, -0.2) is 4.39 Å². The normalized spacial score (nSPS) is 14.5. The number of amides is 1. The van der Waals surface area contributed by atoms with Gasteiger partial charge in [0.25, 0.3) is 0 Å². The third kappa shape index (κ3) is 3.42. The summed E-state index contributed by atoms with van der Waals surface area (Å²) in [6.45, 7) is 3.08. The van der Waals surface area contributed by atoms with Gasteiger partial charge in [0.05, 0.1) is 19.5 Å². The summed E-state index contributed by atoms with van der Waals surface area (Å²) < 4.78 is 18.6. The number of aryl methyl sites for hydroxylation is 1. The Morgan fingerprint density at radius 1 is 1.32 bits per heavy atom. The molecule has 5 heteroatoms. The summed E-state index contributed by atoms with van der Waals surface area (Å²) in [5, 5.41) is 0. The monoisotopic (exact) mass is 300 g/mol. The number of carbonyl (C=O) groups is 1. The maximum Gasteiger partial charge on any atom is 0.227 e. The Morgan fingerprint density at radius 3 is 2.73 bits per heavy atom. The lowest BCUT2D eigenvalue weighted by Gasteiger charge is -2.39. The van der Waals surface area contributed by atoms with Gasteiger partial charge in [0.2, 0.25) is 5.91 Å². The standard InChI is InChI=1S/C17H17FN2O2/c1-12-8-15(6-7-19-12)22-16-10-20(11-16)17(21)9-13-2-4-14(18)5-3-13/h2-8,16H,9-11H2,1H3. The Labute approximate surface area is 128 Å². The molecule has 1 aromatic carbocycles. The number of likely N-dealkylation sites (tertiary alicyclic amines) is 1. The molecule has 4 nitrogen and oxygen atoms in total. The Kier molecular flexibility index (Phi) is 4.04. The summed E-state index contributed by atoms with van der Waals surface area (Å²) in [5.74, 6) is 0.529. The summed E-state index contributed by atoms with van der Waals surface area (Å²) in [5.41, 5.74) is 1.72. The molecule has 0 radical (unpaired) electrons. The Balaban J connectivity index is 1.48. The lowest BCUT2D eigenvalue weighted by molar-refractivity contribution is -0.139. The predicted molar refractivity (Wildman–Crippen MR) is 80.1 cm³/mol. The van der Waals surface area contributed by atoms with E-state index in [9.17, 15) is 9.18 Å². The summed E-state index contributed by atoms with van der Waals surface area (Å²) in [7, 11) is 0. The van der Waals surface area contributed by atoms with Gasteiger partial charge in [-0.15, -0.1) is 0 Å². The van der Waals surface area contributed by atoms with E-state index in [0.717, 1.165) is 17.0 Å². The van der Waals surface area contributed by atoms with E-state index in [1.165, 1.54) is 12.1 Å². The molecule has 2 aromatic rings. The molecule has 1 aromatic heterocycles. The van der Waals surface area contributed by atoms with E-state index in [4.69, 9.17) is 4.74 Å². The second-order valence-corrected chi connectivity index (χ2v) is 5.47. The van der Waals surface area contributed by atoms with Crippen molar-refractivity contribution in [3.8, 4) is 5.75 Å². The Morgan fingerprint density at radius 2 is 2.05 bits per heavy atom. The van der Waals surface area contributed by atoms with Crippen molar-refractivity contribution in [3.05, 3.63) is 59.7 Å². The van der Waals surface area contributed by atoms with Gasteiger partial charge in [-0.2, -0.15) is 0 Å². The number of nitrogens with zero attached hydrogens (tertiary/aromatic N) is 2. The number of hydrogen-bond donors (Lipinski definition) is 0. The van der Waals surface area contributed by atoms with E-state index < -0.39 is 0 Å². The van der Waals surface area contributed by atoms with Crippen LogP contribution in [0.5, 0.6) is 5.75 Å². The number of rotatable bonds is 4. The van der Waals surface area contributed by atoms with Gasteiger partial charge in [-0.3, -0.25) is 9.78 Å². The van der Waals surface area contributed by atoms with Crippen molar-refractivity contribution in [1.82, 2.24) is 9.88 Å². The number of pyridine rings is 1. The topological polar surface area (TPSA) is 42.4 Å². The van der Waals surface area contributed by atoms with Crippen LogP contribution in [-0.4, -0.2) is 35.0 Å². The first-order valence-corrected chi connectivity index (χ1v) is 7.22. The third-order valence-electron chi connectivity index (χ3n) is 3.64. The quantitative estimate of drug-likeness (QED) is 0.870. The first-order chi connectivity index (χ1) is 10.6. The smallest absolute Gasteiger partial charge is 0.227 e. The van der Waals surface area contributed by atoms with E-state index >= 15 is 0 Å². The number of benzene rings is 1. The molecule has 1 amide bonds. The van der Waals surface area contributed by atoms with Gasteiger partial charge >= 0.3 is 0 Å². The van der Waals surface area contributed by atoms with Crippen molar-refractivity contribution in [1.29, 1.82) is 0 Å².